The van der Waals surface area contributed by atoms with Gasteiger partial charge in [0.15, 0.2) is 0 Å². The van der Waals surface area contributed by atoms with Crippen molar-refractivity contribution in [2.45, 2.75) is 5.37 Å². The molecule has 0 amide bonds. The number of hydrogen-bond donors (Lipinski definition) is 3. The highest BCUT2D eigenvalue weighted by Gasteiger charge is 2.23. The SMILES string of the molecule is O=S(=O)(O)C1CNCCN1. The quantitative estimate of drug-likeness (QED) is 0.409. The zero-order chi connectivity index (χ0) is 7.61. The lowest BCUT2D eigenvalue weighted by molar-refractivity contribution is 0.419. The lowest BCUT2D eigenvalue weighted by Crippen LogP contribution is -2.51. The van der Waals surface area contributed by atoms with Gasteiger partial charge >= 0.3 is 0 Å². The molecule has 6 heteroatoms. The predicted molar refractivity (Wildman–Crippen MR) is 36.2 cm³/mol. The Morgan fingerprint density at radius 3 is 2.40 bits per heavy atom. The molecule has 0 aromatic carbocycles. The van der Waals surface area contributed by atoms with Crippen molar-refractivity contribution in [3.8, 4) is 0 Å². The average Bonchev–Trinajstić information content (AvgIpc) is 1.88. The maximum Gasteiger partial charge on any atom is 0.282 e. The molecule has 0 aromatic heterocycles. The smallest absolute Gasteiger partial charge is 0.282 e. The van der Waals surface area contributed by atoms with Crippen LogP contribution in [0.25, 0.3) is 0 Å². The largest absolute Gasteiger partial charge is 0.313 e. The Labute approximate surface area is 59.6 Å². The molecule has 0 radical (unpaired) electrons. The van der Waals surface area contributed by atoms with Gasteiger partial charge in [0.05, 0.1) is 0 Å². The Balaban J connectivity index is 2.56. The topological polar surface area (TPSA) is 78.4 Å². The molecule has 0 spiro atoms. The first-order valence-electron chi connectivity index (χ1n) is 3.01. The first kappa shape index (κ1) is 7.93. The van der Waals surface area contributed by atoms with Gasteiger partial charge in [-0.1, -0.05) is 0 Å². The normalized spacial score (nSPS) is 28.3. The van der Waals surface area contributed by atoms with Crippen molar-refractivity contribution in [3.63, 3.8) is 0 Å². The van der Waals surface area contributed by atoms with Crippen molar-refractivity contribution in [1.82, 2.24) is 10.6 Å². The molecule has 5 nitrogen and oxygen atoms in total. The third-order valence-electron chi connectivity index (χ3n) is 1.36. The van der Waals surface area contributed by atoms with Crippen molar-refractivity contribution < 1.29 is 13.0 Å². The zero-order valence-electron chi connectivity index (χ0n) is 5.37. The van der Waals surface area contributed by atoms with E-state index in [2.05, 4.69) is 10.6 Å². The Kier molecular flexibility index (Phi) is 2.24. The summed E-state index contributed by atoms with van der Waals surface area (Å²) in [6.45, 7) is 1.59. The monoisotopic (exact) mass is 166 g/mol. The molecule has 0 aromatic rings. The third kappa shape index (κ3) is 1.91. The van der Waals surface area contributed by atoms with E-state index >= 15 is 0 Å². The van der Waals surface area contributed by atoms with Crippen LogP contribution in [-0.4, -0.2) is 38.0 Å². The highest BCUT2D eigenvalue weighted by Crippen LogP contribution is 1.94. The third-order valence-corrected chi connectivity index (χ3v) is 2.42. The minimum absolute atomic E-state index is 0.277. The molecule has 1 fully saturated rings. The van der Waals surface area contributed by atoms with Gasteiger partial charge in [0.25, 0.3) is 10.1 Å². The summed E-state index contributed by atoms with van der Waals surface area (Å²) >= 11 is 0. The summed E-state index contributed by atoms with van der Waals surface area (Å²) in [4.78, 5) is 0. The van der Waals surface area contributed by atoms with Crippen LogP contribution in [0.5, 0.6) is 0 Å². The van der Waals surface area contributed by atoms with Gasteiger partial charge in [0, 0.05) is 19.6 Å². The van der Waals surface area contributed by atoms with Crippen LogP contribution in [0.2, 0.25) is 0 Å². The molecule has 0 saturated carbocycles. The van der Waals surface area contributed by atoms with Crippen LogP contribution in [0.1, 0.15) is 0 Å². The molecule has 1 unspecified atom stereocenters. The summed E-state index contributed by atoms with van der Waals surface area (Å²) in [7, 11) is -3.90. The molecule has 1 aliphatic rings. The van der Waals surface area contributed by atoms with Gasteiger partial charge in [-0.25, -0.2) is 0 Å². The molecule has 0 bridgehead atoms. The van der Waals surface area contributed by atoms with E-state index in [9.17, 15) is 8.42 Å². The second-order valence-corrected chi connectivity index (χ2v) is 3.76. The van der Waals surface area contributed by atoms with Gasteiger partial charge in [-0.3, -0.25) is 9.87 Å². The highest BCUT2D eigenvalue weighted by atomic mass is 32.2. The van der Waals surface area contributed by atoms with E-state index in [1.807, 2.05) is 0 Å². The Hall–Kier alpha value is -0.170. The number of rotatable bonds is 1. The number of nitrogens with one attached hydrogen (secondary N) is 2. The van der Waals surface area contributed by atoms with Crippen molar-refractivity contribution in [1.29, 1.82) is 0 Å². The van der Waals surface area contributed by atoms with E-state index in [0.29, 0.717) is 6.54 Å². The minimum atomic E-state index is -3.90. The Morgan fingerprint density at radius 2 is 2.10 bits per heavy atom. The standard InChI is InChI=1S/C4H10N2O3S/c7-10(8,9)4-3-5-1-2-6-4/h4-6H,1-3H2,(H,7,8,9). The fourth-order valence-electron chi connectivity index (χ4n) is 0.837. The van der Waals surface area contributed by atoms with E-state index in [4.69, 9.17) is 4.55 Å². The Bertz CT molecular complexity index is 195. The summed E-state index contributed by atoms with van der Waals surface area (Å²) < 4.78 is 29.4. The first-order chi connectivity index (χ1) is 4.61. The van der Waals surface area contributed by atoms with Gasteiger partial charge in [0.2, 0.25) is 0 Å². The van der Waals surface area contributed by atoms with E-state index in [1.54, 1.807) is 0 Å². The average molecular weight is 166 g/mol. The van der Waals surface area contributed by atoms with Crippen molar-refractivity contribution in [2.24, 2.45) is 0 Å². The molecule has 0 aliphatic carbocycles. The molecule has 1 heterocycles. The van der Waals surface area contributed by atoms with Crippen LogP contribution < -0.4 is 10.6 Å². The van der Waals surface area contributed by atoms with E-state index in [-0.39, 0.29) is 6.54 Å². The molecule has 60 valence electrons. The van der Waals surface area contributed by atoms with E-state index in [1.165, 1.54) is 0 Å². The molecule has 1 saturated heterocycles. The van der Waals surface area contributed by atoms with Gasteiger partial charge in [-0.2, -0.15) is 8.42 Å². The van der Waals surface area contributed by atoms with Crippen LogP contribution in [0, 0.1) is 0 Å². The van der Waals surface area contributed by atoms with Crippen molar-refractivity contribution >= 4 is 10.1 Å². The van der Waals surface area contributed by atoms with Crippen LogP contribution >= 0.6 is 0 Å². The van der Waals surface area contributed by atoms with Crippen LogP contribution in [0.3, 0.4) is 0 Å². The summed E-state index contributed by atoms with van der Waals surface area (Å²) in [6, 6.07) is 0. The molecule has 1 rings (SSSR count). The van der Waals surface area contributed by atoms with Gasteiger partial charge in [-0.05, 0) is 0 Å². The predicted octanol–water partition coefficient (Wildman–Crippen LogP) is -1.61. The van der Waals surface area contributed by atoms with Crippen LogP contribution in [0.4, 0.5) is 0 Å². The molecule has 3 N–H and O–H groups in total. The maximum absolute atomic E-state index is 10.4. The minimum Gasteiger partial charge on any atom is -0.313 e. The van der Waals surface area contributed by atoms with Gasteiger partial charge in [-0.15, -0.1) is 0 Å². The van der Waals surface area contributed by atoms with E-state index in [0.717, 1.165) is 6.54 Å². The zero-order valence-corrected chi connectivity index (χ0v) is 6.19. The van der Waals surface area contributed by atoms with Crippen LogP contribution in [0.15, 0.2) is 0 Å². The summed E-state index contributed by atoms with van der Waals surface area (Å²) in [5.74, 6) is 0. The molecular formula is C4H10N2O3S. The molecule has 1 aliphatic heterocycles. The summed E-state index contributed by atoms with van der Waals surface area (Å²) in [5.41, 5.74) is 0. The lowest BCUT2D eigenvalue weighted by atomic mass is 10.4. The highest BCUT2D eigenvalue weighted by molar-refractivity contribution is 7.86. The molecule has 1 atom stereocenters. The second kappa shape index (κ2) is 2.83. The second-order valence-electron chi connectivity index (χ2n) is 2.16. The lowest BCUT2D eigenvalue weighted by Gasteiger charge is -2.21. The molecule has 10 heavy (non-hydrogen) atoms. The molecular weight excluding hydrogens is 156 g/mol. The number of piperazine rings is 1. The fourth-order valence-corrected chi connectivity index (χ4v) is 1.49. The van der Waals surface area contributed by atoms with Crippen LogP contribution in [-0.2, 0) is 10.1 Å². The number of hydrogen-bond acceptors (Lipinski definition) is 4. The van der Waals surface area contributed by atoms with Gasteiger partial charge < -0.3 is 5.32 Å². The fraction of sp³-hybridized carbons (Fsp3) is 1.00. The van der Waals surface area contributed by atoms with Crippen molar-refractivity contribution in [3.05, 3.63) is 0 Å². The summed E-state index contributed by atoms with van der Waals surface area (Å²) in [5, 5.41) is 4.67. The summed E-state index contributed by atoms with van der Waals surface area (Å²) in [6.07, 6.45) is 0. The van der Waals surface area contributed by atoms with Crippen molar-refractivity contribution in [2.75, 3.05) is 19.6 Å². The Morgan fingerprint density at radius 1 is 1.40 bits per heavy atom. The maximum atomic E-state index is 10.4. The van der Waals surface area contributed by atoms with Gasteiger partial charge in [0.1, 0.15) is 5.37 Å². The first-order valence-corrected chi connectivity index (χ1v) is 4.51. The van der Waals surface area contributed by atoms with E-state index < -0.39 is 15.5 Å².